The van der Waals surface area contributed by atoms with Crippen molar-refractivity contribution in [2.24, 2.45) is 11.7 Å². The quantitative estimate of drug-likeness (QED) is 0.672. The Bertz CT molecular complexity index is 1030. The number of aromatic nitrogens is 2. The van der Waals surface area contributed by atoms with Crippen LogP contribution >= 0.6 is 0 Å². The van der Waals surface area contributed by atoms with Gasteiger partial charge in [0, 0.05) is 25.0 Å². The van der Waals surface area contributed by atoms with Crippen molar-refractivity contribution in [3.05, 3.63) is 65.7 Å². The number of hydrogen-bond donors (Lipinski definition) is 2. The molecule has 0 aliphatic carbocycles. The molecule has 0 bridgehead atoms. The number of halogens is 1. The van der Waals surface area contributed by atoms with Crippen LogP contribution in [-0.4, -0.2) is 33.9 Å². The van der Waals surface area contributed by atoms with Gasteiger partial charge in [-0.25, -0.2) is 14.4 Å². The van der Waals surface area contributed by atoms with Crippen LogP contribution in [0, 0.1) is 11.7 Å². The van der Waals surface area contributed by atoms with E-state index in [2.05, 4.69) is 32.3 Å². The Balaban J connectivity index is 1.43. The SMILES string of the molecule is NC(=O)[C@H]1CCCN(Cc2cccc(CNc3ncnc4c(F)cccc34)c2)C1. The zero-order valence-electron chi connectivity index (χ0n) is 16.1. The molecule has 1 fully saturated rings. The van der Waals surface area contributed by atoms with Gasteiger partial charge < -0.3 is 11.1 Å². The number of nitrogens with two attached hydrogens (primary N) is 1. The lowest BCUT2D eigenvalue weighted by Crippen LogP contribution is -2.40. The summed E-state index contributed by atoms with van der Waals surface area (Å²) < 4.78 is 13.9. The van der Waals surface area contributed by atoms with Crippen molar-refractivity contribution in [3.8, 4) is 0 Å². The summed E-state index contributed by atoms with van der Waals surface area (Å²) in [6, 6.07) is 13.2. The summed E-state index contributed by atoms with van der Waals surface area (Å²) in [6.07, 6.45) is 3.24. The number of amides is 1. The maximum Gasteiger partial charge on any atom is 0.221 e. The van der Waals surface area contributed by atoms with Crippen LogP contribution in [0.25, 0.3) is 10.9 Å². The van der Waals surface area contributed by atoms with E-state index < -0.39 is 0 Å². The Morgan fingerprint density at radius 1 is 1.21 bits per heavy atom. The largest absolute Gasteiger partial charge is 0.369 e. The van der Waals surface area contributed by atoms with Crippen molar-refractivity contribution >= 4 is 22.6 Å². The first-order valence-corrected chi connectivity index (χ1v) is 9.83. The first kappa shape index (κ1) is 19.3. The summed E-state index contributed by atoms with van der Waals surface area (Å²) in [5.41, 5.74) is 8.09. The number of likely N-dealkylation sites (tertiary alicyclic amines) is 1. The fourth-order valence-electron chi connectivity index (χ4n) is 3.91. The molecule has 1 amide bonds. The summed E-state index contributed by atoms with van der Waals surface area (Å²) in [4.78, 5) is 22.1. The van der Waals surface area contributed by atoms with E-state index in [1.54, 1.807) is 6.07 Å². The zero-order valence-corrected chi connectivity index (χ0v) is 16.1. The zero-order chi connectivity index (χ0) is 20.2. The molecule has 1 aromatic heterocycles. The number of fused-ring (bicyclic) bond motifs is 1. The second kappa shape index (κ2) is 8.53. The molecule has 0 unspecified atom stereocenters. The number of carbonyl (C=O) groups excluding carboxylic acids is 1. The molecule has 0 saturated carbocycles. The average molecular weight is 393 g/mol. The third kappa shape index (κ3) is 4.51. The van der Waals surface area contributed by atoms with Crippen molar-refractivity contribution in [1.29, 1.82) is 0 Å². The number of nitrogens with one attached hydrogen (secondary N) is 1. The van der Waals surface area contributed by atoms with E-state index in [0.717, 1.165) is 38.0 Å². The third-order valence-corrected chi connectivity index (χ3v) is 5.38. The maximum atomic E-state index is 13.9. The third-order valence-electron chi connectivity index (χ3n) is 5.38. The Morgan fingerprint density at radius 2 is 2.03 bits per heavy atom. The van der Waals surface area contributed by atoms with Crippen molar-refractivity contribution < 1.29 is 9.18 Å². The number of rotatable bonds is 6. The molecule has 4 rings (SSSR count). The highest BCUT2D eigenvalue weighted by atomic mass is 19.1. The Kier molecular flexibility index (Phi) is 5.67. The van der Waals surface area contributed by atoms with Crippen LogP contribution in [0.5, 0.6) is 0 Å². The fraction of sp³-hybridized carbons (Fsp3) is 0.318. The molecule has 3 aromatic rings. The molecule has 2 aromatic carbocycles. The first-order valence-electron chi connectivity index (χ1n) is 9.83. The topological polar surface area (TPSA) is 84.1 Å². The van der Waals surface area contributed by atoms with Crippen molar-refractivity contribution in [1.82, 2.24) is 14.9 Å². The first-order chi connectivity index (χ1) is 14.1. The van der Waals surface area contributed by atoms with Gasteiger partial charge in [-0.15, -0.1) is 0 Å². The molecule has 1 aliphatic rings. The Morgan fingerprint density at radius 3 is 2.90 bits per heavy atom. The predicted octanol–water partition coefficient (Wildman–Crippen LogP) is 3.08. The van der Waals surface area contributed by atoms with E-state index in [-0.39, 0.29) is 17.6 Å². The highest BCUT2D eigenvalue weighted by Gasteiger charge is 2.23. The number of piperidine rings is 1. The lowest BCUT2D eigenvalue weighted by Gasteiger charge is -2.31. The molecular formula is C22H24FN5O. The lowest BCUT2D eigenvalue weighted by atomic mass is 9.97. The van der Waals surface area contributed by atoms with Crippen molar-refractivity contribution in [2.75, 3.05) is 18.4 Å². The summed E-state index contributed by atoms with van der Waals surface area (Å²) in [6.45, 7) is 3.06. The van der Waals surface area contributed by atoms with Crippen molar-refractivity contribution in [2.45, 2.75) is 25.9 Å². The average Bonchev–Trinajstić information content (AvgIpc) is 2.73. The minimum Gasteiger partial charge on any atom is -0.369 e. The number of carbonyl (C=O) groups is 1. The van der Waals surface area contributed by atoms with Gasteiger partial charge in [0.15, 0.2) is 0 Å². The molecular weight excluding hydrogens is 369 g/mol. The Hall–Kier alpha value is -3.06. The van der Waals surface area contributed by atoms with E-state index in [1.807, 2.05) is 18.2 Å². The summed E-state index contributed by atoms with van der Waals surface area (Å²) >= 11 is 0. The number of hydrogen-bond acceptors (Lipinski definition) is 5. The van der Waals surface area contributed by atoms with Gasteiger partial charge in [-0.3, -0.25) is 9.69 Å². The number of benzene rings is 2. The standard InChI is InChI=1S/C22H24FN5O/c23-19-8-2-7-18-20(19)26-14-27-22(18)25-11-15-4-1-5-16(10-15)12-28-9-3-6-17(13-28)21(24)29/h1-2,4-5,7-8,10,14,17H,3,6,9,11-13H2,(H2,24,29)(H,25,26,27)/t17-/m0/s1. The monoisotopic (exact) mass is 393 g/mol. The summed E-state index contributed by atoms with van der Waals surface area (Å²) in [5.74, 6) is -0.00724. The van der Waals surface area contributed by atoms with E-state index in [1.165, 1.54) is 18.0 Å². The van der Waals surface area contributed by atoms with Gasteiger partial charge >= 0.3 is 0 Å². The van der Waals surface area contributed by atoms with Crippen LogP contribution in [0.3, 0.4) is 0 Å². The Labute approximate surface area is 168 Å². The highest BCUT2D eigenvalue weighted by molar-refractivity contribution is 5.89. The molecule has 7 heteroatoms. The molecule has 6 nitrogen and oxygen atoms in total. The molecule has 150 valence electrons. The van der Waals surface area contributed by atoms with Gasteiger partial charge in [0.1, 0.15) is 23.5 Å². The summed E-state index contributed by atoms with van der Waals surface area (Å²) in [5, 5.41) is 3.95. The van der Waals surface area contributed by atoms with Gasteiger partial charge in [-0.2, -0.15) is 0 Å². The highest BCUT2D eigenvalue weighted by Crippen LogP contribution is 2.22. The molecule has 1 atom stereocenters. The molecule has 1 aliphatic heterocycles. The molecule has 0 radical (unpaired) electrons. The van der Waals surface area contributed by atoms with Gasteiger partial charge in [0.05, 0.1) is 5.92 Å². The number of primary amides is 1. The lowest BCUT2D eigenvalue weighted by molar-refractivity contribution is -0.123. The second-order valence-corrected chi connectivity index (χ2v) is 7.51. The van der Waals surface area contributed by atoms with E-state index >= 15 is 0 Å². The van der Waals surface area contributed by atoms with Gasteiger partial charge in [-0.1, -0.05) is 30.3 Å². The molecule has 1 saturated heterocycles. The van der Waals surface area contributed by atoms with E-state index in [4.69, 9.17) is 5.73 Å². The van der Waals surface area contributed by atoms with Gasteiger partial charge in [-0.05, 0) is 42.6 Å². The fourth-order valence-corrected chi connectivity index (χ4v) is 3.91. The molecule has 0 spiro atoms. The van der Waals surface area contributed by atoms with Gasteiger partial charge in [0.25, 0.3) is 0 Å². The van der Waals surface area contributed by atoms with Gasteiger partial charge in [0.2, 0.25) is 5.91 Å². The number of para-hydroxylation sites is 1. The second-order valence-electron chi connectivity index (χ2n) is 7.51. The number of nitrogens with zero attached hydrogens (tertiary/aromatic N) is 3. The summed E-state index contributed by atoms with van der Waals surface area (Å²) in [7, 11) is 0. The van der Waals surface area contributed by atoms with Crippen LogP contribution in [-0.2, 0) is 17.9 Å². The number of anilines is 1. The minimum atomic E-state index is -0.356. The molecule has 3 N–H and O–H groups in total. The van der Waals surface area contributed by atoms with Crippen LogP contribution in [0.1, 0.15) is 24.0 Å². The predicted molar refractivity (Wildman–Crippen MR) is 110 cm³/mol. The van der Waals surface area contributed by atoms with Crippen LogP contribution < -0.4 is 11.1 Å². The van der Waals surface area contributed by atoms with E-state index in [0.29, 0.717) is 23.3 Å². The van der Waals surface area contributed by atoms with Crippen molar-refractivity contribution in [3.63, 3.8) is 0 Å². The molecule has 29 heavy (non-hydrogen) atoms. The van der Waals surface area contributed by atoms with Crippen LogP contribution in [0.15, 0.2) is 48.8 Å². The minimum absolute atomic E-state index is 0.0555. The van der Waals surface area contributed by atoms with Crippen LogP contribution in [0.2, 0.25) is 0 Å². The van der Waals surface area contributed by atoms with Crippen LogP contribution in [0.4, 0.5) is 10.2 Å². The molecule has 2 heterocycles. The smallest absolute Gasteiger partial charge is 0.221 e. The maximum absolute atomic E-state index is 13.9. The van der Waals surface area contributed by atoms with E-state index in [9.17, 15) is 9.18 Å². The normalized spacial score (nSPS) is 17.3.